The second kappa shape index (κ2) is 7.12. The van der Waals surface area contributed by atoms with Crippen LogP contribution in [-0.4, -0.2) is 25.7 Å². The van der Waals surface area contributed by atoms with E-state index in [0.717, 1.165) is 18.6 Å². The van der Waals surface area contributed by atoms with Crippen molar-refractivity contribution in [2.75, 3.05) is 13.7 Å². The van der Waals surface area contributed by atoms with Crippen molar-refractivity contribution in [2.24, 2.45) is 5.92 Å². The van der Waals surface area contributed by atoms with E-state index >= 15 is 0 Å². The Morgan fingerprint density at radius 3 is 2.36 bits per heavy atom. The normalized spacial score (nSPS) is 12.5. The van der Waals surface area contributed by atoms with Crippen LogP contribution in [0.15, 0.2) is 12.2 Å². The lowest BCUT2D eigenvalue weighted by Crippen LogP contribution is -2.09. The Labute approximate surface area is 83.9 Å². The fraction of sp³-hybridized carbons (Fsp3) is 0.600. The Balaban J connectivity index is 3.76. The molecule has 14 heavy (non-hydrogen) atoms. The quantitative estimate of drug-likeness (QED) is 0.496. The molecule has 0 saturated heterocycles. The Bertz CT molecular complexity index is 220. The minimum absolute atomic E-state index is 0.338. The van der Waals surface area contributed by atoms with Gasteiger partial charge in [0.2, 0.25) is 0 Å². The van der Waals surface area contributed by atoms with Crippen molar-refractivity contribution in [3.8, 4) is 0 Å². The lowest BCUT2D eigenvalue weighted by molar-refractivity contribution is -0.140. The monoisotopic (exact) mass is 200 g/mol. The van der Waals surface area contributed by atoms with Gasteiger partial charge in [-0.2, -0.15) is 0 Å². The van der Waals surface area contributed by atoms with Gasteiger partial charge in [0.25, 0.3) is 0 Å². The number of carbonyl (C=O) groups is 2. The molecule has 0 aliphatic rings. The minimum atomic E-state index is -0.564. The molecule has 0 saturated carbocycles. The van der Waals surface area contributed by atoms with Crippen molar-refractivity contribution in [3.05, 3.63) is 12.2 Å². The number of rotatable bonds is 5. The van der Waals surface area contributed by atoms with Crippen molar-refractivity contribution < 1.29 is 19.1 Å². The van der Waals surface area contributed by atoms with Crippen LogP contribution in [0.1, 0.15) is 20.3 Å². The van der Waals surface area contributed by atoms with Gasteiger partial charge < -0.3 is 9.47 Å². The van der Waals surface area contributed by atoms with Gasteiger partial charge in [-0.15, -0.1) is 0 Å². The van der Waals surface area contributed by atoms with Gasteiger partial charge in [-0.3, -0.25) is 0 Å². The summed E-state index contributed by atoms with van der Waals surface area (Å²) in [4.78, 5) is 21.6. The number of methoxy groups -OCH3 is 1. The summed E-state index contributed by atoms with van der Waals surface area (Å²) >= 11 is 0. The molecule has 0 aromatic heterocycles. The van der Waals surface area contributed by atoms with Crippen LogP contribution in [0.2, 0.25) is 0 Å². The van der Waals surface area contributed by atoms with Crippen LogP contribution in [0, 0.1) is 5.92 Å². The summed E-state index contributed by atoms with van der Waals surface area (Å²) in [5.74, 6) is -0.744. The SMILES string of the molecule is CC[C@@H](C)COC(=O)/C=C/C(=O)OC. The average Bonchev–Trinajstić information content (AvgIpc) is 2.22. The third-order valence-corrected chi connectivity index (χ3v) is 1.76. The summed E-state index contributed by atoms with van der Waals surface area (Å²) in [5, 5.41) is 0. The van der Waals surface area contributed by atoms with E-state index in [1.807, 2.05) is 13.8 Å². The molecule has 0 unspecified atom stereocenters. The maximum Gasteiger partial charge on any atom is 0.331 e. The smallest absolute Gasteiger partial charge is 0.331 e. The van der Waals surface area contributed by atoms with Gasteiger partial charge in [0, 0.05) is 12.2 Å². The van der Waals surface area contributed by atoms with Crippen LogP contribution in [0.4, 0.5) is 0 Å². The fourth-order valence-electron chi connectivity index (χ4n) is 0.594. The van der Waals surface area contributed by atoms with Crippen LogP contribution in [0.3, 0.4) is 0 Å². The van der Waals surface area contributed by atoms with Gasteiger partial charge in [0.05, 0.1) is 13.7 Å². The molecule has 0 aliphatic carbocycles. The first-order valence-corrected chi connectivity index (χ1v) is 4.53. The molecule has 0 aliphatic heterocycles. The highest BCUT2D eigenvalue weighted by Gasteiger charge is 2.03. The fourth-order valence-corrected chi connectivity index (χ4v) is 0.594. The van der Waals surface area contributed by atoms with Crippen molar-refractivity contribution in [1.29, 1.82) is 0 Å². The molecule has 0 rings (SSSR count). The first kappa shape index (κ1) is 12.7. The number of carbonyl (C=O) groups excluding carboxylic acids is 2. The first-order valence-electron chi connectivity index (χ1n) is 4.53. The molecule has 1 atom stereocenters. The Morgan fingerprint density at radius 1 is 1.29 bits per heavy atom. The molecule has 0 N–H and O–H groups in total. The molecule has 0 bridgehead atoms. The van der Waals surface area contributed by atoms with Crippen LogP contribution >= 0.6 is 0 Å². The van der Waals surface area contributed by atoms with E-state index < -0.39 is 11.9 Å². The van der Waals surface area contributed by atoms with E-state index in [1.54, 1.807) is 0 Å². The van der Waals surface area contributed by atoms with E-state index in [1.165, 1.54) is 7.11 Å². The van der Waals surface area contributed by atoms with E-state index in [-0.39, 0.29) is 0 Å². The lowest BCUT2D eigenvalue weighted by atomic mass is 10.1. The molecule has 0 heterocycles. The molecule has 4 nitrogen and oxygen atoms in total. The zero-order valence-electron chi connectivity index (χ0n) is 8.78. The predicted molar refractivity (Wildman–Crippen MR) is 51.6 cm³/mol. The molecule has 0 aromatic carbocycles. The summed E-state index contributed by atoms with van der Waals surface area (Å²) in [6.07, 6.45) is 3.06. The number of hydrogen-bond donors (Lipinski definition) is 0. The highest BCUT2D eigenvalue weighted by Crippen LogP contribution is 2.00. The maximum absolute atomic E-state index is 11.0. The van der Waals surface area contributed by atoms with Crippen molar-refractivity contribution in [3.63, 3.8) is 0 Å². The molecule has 0 aromatic rings. The molecule has 0 fully saturated rings. The minimum Gasteiger partial charge on any atom is -0.466 e. The third-order valence-electron chi connectivity index (χ3n) is 1.76. The second-order valence-corrected chi connectivity index (χ2v) is 3.00. The zero-order chi connectivity index (χ0) is 11.0. The highest BCUT2D eigenvalue weighted by atomic mass is 16.5. The predicted octanol–water partition coefficient (Wildman–Crippen LogP) is 1.30. The van der Waals surface area contributed by atoms with E-state index in [2.05, 4.69) is 4.74 Å². The van der Waals surface area contributed by atoms with Crippen LogP contribution in [0.5, 0.6) is 0 Å². The Kier molecular flexibility index (Phi) is 6.45. The molecule has 4 heteroatoms. The summed E-state index contributed by atoms with van der Waals surface area (Å²) in [5.41, 5.74) is 0. The largest absolute Gasteiger partial charge is 0.466 e. The second-order valence-electron chi connectivity index (χ2n) is 3.00. The highest BCUT2D eigenvalue weighted by molar-refractivity contribution is 5.91. The Morgan fingerprint density at radius 2 is 1.86 bits per heavy atom. The van der Waals surface area contributed by atoms with Gasteiger partial charge in [-0.05, 0) is 5.92 Å². The number of hydrogen-bond acceptors (Lipinski definition) is 4. The average molecular weight is 200 g/mol. The van der Waals surface area contributed by atoms with Gasteiger partial charge in [0.1, 0.15) is 0 Å². The van der Waals surface area contributed by atoms with Crippen molar-refractivity contribution in [1.82, 2.24) is 0 Å². The number of ether oxygens (including phenoxy) is 2. The first-order chi connectivity index (χ1) is 6.60. The van der Waals surface area contributed by atoms with Crippen LogP contribution in [-0.2, 0) is 19.1 Å². The Hall–Kier alpha value is -1.32. The van der Waals surface area contributed by atoms with Crippen molar-refractivity contribution in [2.45, 2.75) is 20.3 Å². The number of esters is 2. The van der Waals surface area contributed by atoms with E-state index in [9.17, 15) is 9.59 Å². The van der Waals surface area contributed by atoms with Gasteiger partial charge >= 0.3 is 11.9 Å². The standard InChI is InChI=1S/C10H16O4/c1-4-8(2)7-14-10(12)6-5-9(11)13-3/h5-6,8H,4,7H2,1-3H3/b6-5+/t8-/m1/s1. The summed E-state index contributed by atoms with van der Waals surface area (Å²) in [7, 11) is 1.25. The van der Waals surface area contributed by atoms with E-state index in [4.69, 9.17) is 4.74 Å². The zero-order valence-corrected chi connectivity index (χ0v) is 8.78. The lowest BCUT2D eigenvalue weighted by Gasteiger charge is -2.07. The third kappa shape index (κ3) is 6.22. The van der Waals surface area contributed by atoms with Crippen LogP contribution in [0.25, 0.3) is 0 Å². The maximum atomic E-state index is 11.0. The molecular formula is C10H16O4. The van der Waals surface area contributed by atoms with E-state index in [0.29, 0.717) is 12.5 Å². The topological polar surface area (TPSA) is 52.6 Å². The van der Waals surface area contributed by atoms with Crippen molar-refractivity contribution >= 4 is 11.9 Å². The van der Waals surface area contributed by atoms with Gasteiger partial charge in [0.15, 0.2) is 0 Å². The molecule has 0 spiro atoms. The summed E-state index contributed by atoms with van der Waals surface area (Å²) in [6.45, 7) is 4.38. The van der Waals surface area contributed by atoms with Gasteiger partial charge in [-0.25, -0.2) is 9.59 Å². The van der Waals surface area contributed by atoms with Gasteiger partial charge in [-0.1, -0.05) is 20.3 Å². The van der Waals surface area contributed by atoms with Crippen LogP contribution < -0.4 is 0 Å². The molecule has 80 valence electrons. The molecule has 0 radical (unpaired) electrons. The molecule has 0 amide bonds. The summed E-state index contributed by atoms with van der Waals surface area (Å²) < 4.78 is 9.17. The molecular weight excluding hydrogens is 184 g/mol. The summed E-state index contributed by atoms with van der Waals surface area (Å²) in [6, 6.07) is 0.